The second-order valence-corrected chi connectivity index (χ2v) is 3.79. The zero-order valence-corrected chi connectivity index (χ0v) is 10.7. The van der Waals surface area contributed by atoms with Crippen LogP contribution >= 0.6 is 11.6 Å². The first-order valence-electron chi connectivity index (χ1n) is 5.08. The standard InChI is InChI=1S/C11H11ClN2O5/c1-19-9(15)5-13-11(18)14-8-4-6(10(16)17)2-3-7(8)12/h2-4H,5H2,1H3,(H,16,17)(H2,13,14,18). The average molecular weight is 287 g/mol. The maximum Gasteiger partial charge on any atom is 0.335 e. The first kappa shape index (κ1) is 14.8. The van der Waals surface area contributed by atoms with E-state index in [4.69, 9.17) is 16.7 Å². The van der Waals surface area contributed by atoms with Crippen molar-refractivity contribution in [3.05, 3.63) is 28.8 Å². The molecule has 102 valence electrons. The second kappa shape index (κ2) is 6.60. The van der Waals surface area contributed by atoms with E-state index >= 15 is 0 Å². The van der Waals surface area contributed by atoms with E-state index in [1.165, 1.54) is 25.3 Å². The molecule has 0 radical (unpaired) electrons. The highest BCUT2D eigenvalue weighted by Crippen LogP contribution is 2.22. The molecule has 0 saturated heterocycles. The van der Waals surface area contributed by atoms with Gasteiger partial charge in [-0.05, 0) is 18.2 Å². The lowest BCUT2D eigenvalue weighted by Gasteiger charge is -2.09. The van der Waals surface area contributed by atoms with Gasteiger partial charge in [-0.15, -0.1) is 0 Å². The van der Waals surface area contributed by atoms with Gasteiger partial charge in [0, 0.05) is 0 Å². The maximum absolute atomic E-state index is 11.4. The molecular formula is C11H11ClN2O5. The van der Waals surface area contributed by atoms with Crippen LogP contribution in [0.25, 0.3) is 0 Å². The third-order valence-electron chi connectivity index (χ3n) is 2.08. The monoisotopic (exact) mass is 286 g/mol. The van der Waals surface area contributed by atoms with Gasteiger partial charge < -0.3 is 20.5 Å². The zero-order valence-electron chi connectivity index (χ0n) is 9.90. The number of carboxylic acid groups (broad SMARTS) is 1. The van der Waals surface area contributed by atoms with Gasteiger partial charge in [-0.1, -0.05) is 11.6 Å². The minimum atomic E-state index is -1.14. The summed E-state index contributed by atoms with van der Waals surface area (Å²) in [4.78, 5) is 33.0. The summed E-state index contributed by atoms with van der Waals surface area (Å²) in [5.41, 5.74) is 0.108. The fourth-order valence-electron chi connectivity index (χ4n) is 1.15. The molecule has 1 rings (SSSR count). The normalized spacial score (nSPS) is 9.58. The molecule has 7 nitrogen and oxygen atoms in total. The molecule has 0 heterocycles. The van der Waals surface area contributed by atoms with Gasteiger partial charge >= 0.3 is 18.0 Å². The maximum atomic E-state index is 11.4. The minimum absolute atomic E-state index is 0.0207. The molecule has 0 aromatic heterocycles. The van der Waals surface area contributed by atoms with Crippen molar-refractivity contribution in [1.29, 1.82) is 0 Å². The van der Waals surface area contributed by atoms with Crippen molar-refractivity contribution in [2.24, 2.45) is 0 Å². The first-order valence-corrected chi connectivity index (χ1v) is 5.46. The van der Waals surface area contributed by atoms with Gasteiger partial charge in [0.05, 0.1) is 23.4 Å². The number of carbonyl (C=O) groups is 3. The molecule has 0 aliphatic heterocycles. The molecule has 8 heteroatoms. The van der Waals surface area contributed by atoms with Crippen LogP contribution in [0.3, 0.4) is 0 Å². The molecule has 0 atom stereocenters. The van der Waals surface area contributed by atoms with Crippen LogP contribution in [0.2, 0.25) is 5.02 Å². The van der Waals surface area contributed by atoms with Crippen LogP contribution in [0.4, 0.5) is 10.5 Å². The summed E-state index contributed by atoms with van der Waals surface area (Å²) in [5.74, 6) is -1.75. The molecule has 1 aromatic carbocycles. The number of rotatable bonds is 4. The van der Waals surface area contributed by atoms with Crippen molar-refractivity contribution in [3.8, 4) is 0 Å². The number of hydrogen-bond donors (Lipinski definition) is 3. The van der Waals surface area contributed by atoms with Crippen LogP contribution in [-0.2, 0) is 9.53 Å². The number of benzene rings is 1. The quantitative estimate of drug-likeness (QED) is 0.724. The lowest BCUT2D eigenvalue weighted by molar-refractivity contribution is -0.139. The van der Waals surface area contributed by atoms with Gasteiger partial charge in [0.1, 0.15) is 6.54 Å². The number of nitrogens with one attached hydrogen (secondary N) is 2. The van der Waals surface area contributed by atoms with E-state index in [0.717, 1.165) is 0 Å². The van der Waals surface area contributed by atoms with Gasteiger partial charge in [0.15, 0.2) is 0 Å². The molecule has 0 unspecified atom stereocenters. The van der Waals surface area contributed by atoms with E-state index in [2.05, 4.69) is 15.4 Å². The molecule has 3 N–H and O–H groups in total. The number of carbonyl (C=O) groups excluding carboxylic acids is 2. The highest BCUT2D eigenvalue weighted by atomic mass is 35.5. The Morgan fingerprint density at radius 1 is 1.37 bits per heavy atom. The molecule has 0 aliphatic carbocycles. The van der Waals surface area contributed by atoms with Crippen LogP contribution in [0, 0.1) is 0 Å². The second-order valence-electron chi connectivity index (χ2n) is 3.38. The Labute approximate surface area is 113 Å². The van der Waals surface area contributed by atoms with Crippen LogP contribution in [0.15, 0.2) is 18.2 Å². The van der Waals surface area contributed by atoms with E-state index in [0.29, 0.717) is 0 Å². The Balaban J connectivity index is 2.70. The number of aromatic carboxylic acids is 1. The SMILES string of the molecule is COC(=O)CNC(=O)Nc1cc(C(=O)O)ccc1Cl. The van der Waals surface area contributed by atoms with Crippen LogP contribution in [0.5, 0.6) is 0 Å². The summed E-state index contributed by atoms with van der Waals surface area (Å²) < 4.78 is 4.34. The number of carboxylic acids is 1. The van der Waals surface area contributed by atoms with Crippen molar-refractivity contribution in [3.63, 3.8) is 0 Å². The fraction of sp³-hybridized carbons (Fsp3) is 0.182. The largest absolute Gasteiger partial charge is 0.478 e. The van der Waals surface area contributed by atoms with Gasteiger partial charge in [0.25, 0.3) is 0 Å². The molecule has 0 fully saturated rings. The third-order valence-corrected chi connectivity index (χ3v) is 2.41. The zero-order chi connectivity index (χ0) is 14.4. The Morgan fingerprint density at radius 3 is 2.63 bits per heavy atom. The number of ether oxygens (including phenoxy) is 1. The van der Waals surface area contributed by atoms with Crippen molar-refractivity contribution >= 4 is 35.3 Å². The highest BCUT2D eigenvalue weighted by molar-refractivity contribution is 6.33. The van der Waals surface area contributed by atoms with Crippen molar-refractivity contribution in [1.82, 2.24) is 5.32 Å². The Morgan fingerprint density at radius 2 is 2.05 bits per heavy atom. The topological polar surface area (TPSA) is 105 Å². The summed E-state index contributed by atoms with van der Waals surface area (Å²) in [5, 5.41) is 13.5. The minimum Gasteiger partial charge on any atom is -0.478 e. The summed E-state index contributed by atoms with van der Waals surface area (Å²) in [7, 11) is 1.19. The number of methoxy groups -OCH3 is 1. The number of urea groups is 1. The van der Waals surface area contributed by atoms with Gasteiger partial charge in [-0.25, -0.2) is 9.59 Å². The van der Waals surface area contributed by atoms with Gasteiger partial charge in [0.2, 0.25) is 0 Å². The van der Waals surface area contributed by atoms with E-state index in [1.807, 2.05) is 0 Å². The Bertz CT molecular complexity index is 518. The van der Waals surface area contributed by atoms with E-state index in [9.17, 15) is 14.4 Å². The molecule has 0 spiro atoms. The van der Waals surface area contributed by atoms with E-state index < -0.39 is 18.0 Å². The molecule has 0 aliphatic rings. The summed E-state index contributed by atoms with van der Waals surface area (Å²) in [6, 6.07) is 3.17. The summed E-state index contributed by atoms with van der Waals surface area (Å²) in [6.45, 7) is -0.307. The van der Waals surface area contributed by atoms with Crippen molar-refractivity contribution < 1.29 is 24.2 Å². The lowest BCUT2D eigenvalue weighted by atomic mass is 10.2. The third kappa shape index (κ3) is 4.47. The molecule has 2 amide bonds. The van der Waals surface area contributed by atoms with Crippen LogP contribution in [0.1, 0.15) is 10.4 Å². The Kier molecular flexibility index (Phi) is 5.13. The molecular weight excluding hydrogens is 276 g/mol. The molecule has 0 bridgehead atoms. The molecule has 1 aromatic rings. The molecule has 19 heavy (non-hydrogen) atoms. The number of esters is 1. The predicted molar refractivity (Wildman–Crippen MR) is 67.4 cm³/mol. The van der Waals surface area contributed by atoms with Crippen LogP contribution in [-0.4, -0.2) is 36.7 Å². The van der Waals surface area contributed by atoms with Crippen LogP contribution < -0.4 is 10.6 Å². The average Bonchev–Trinajstić information content (AvgIpc) is 2.38. The first-order chi connectivity index (χ1) is 8.93. The predicted octanol–water partition coefficient (Wildman–Crippen LogP) is 1.33. The number of anilines is 1. The molecule has 0 saturated carbocycles. The summed E-state index contributed by atoms with van der Waals surface area (Å²) in [6.07, 6.45) is 0. The lowest BCUT2D eigenvalue weighted by Crippen LogP contribution is -2.33. The highest BCUT2D eigenvalue weighted by Gasteiger charge is 2.10. The fourth-order valence-corrected chi connectivity index (χ4v) is 1.31. The smallest absolute Gasteiger partial charge is 0.335 e. The van der Waals surface area contributed by atoms with Crippen molar-refractivity contribution in [2.45, 2.75) is 0 Å². The summed E-state index contributed by atoms with van der Waals surface area (Å²) >= 11 is 5.81. The van der Waals surface area contributed by atoms with E-state index in [1.54, 1.807) is 0 Å². The Hall–Kier alpha value is -2.28. The van der Waals surface area contributed by atoms with Crippen molar-refractivity contribution in [2.75, 3.05) is 19.0 Å². The number of halogens is 1. The van der Waals surface area contributed by atoms with Gasteiger partial charge in [-0.2, -0.15) is 0 Å². The van der Waals surface area contributed by atoms with E-state index in [-0.39, 0.29) is 22.8 Å². The van der Waals surface area contributed by atoms with Gasteiger partial charge in [-0.3, -0.25) is 4.79 Å². The number of hydrogen-bond acceptors (Lipinski definition) is 4. The number of amides is 2.